The lowest BCUT2D eigenvalue weighted by molar-refractivity contribution is -0.120. The van der Waals surface area contributed by atoms with Gasteiger partial charge in [-0.2, -0.15) is 0 Å². The van der Waals surface area contributed by atoms with E-state index in [1.54, 1.807) is 0 Å². The highest BCUT2D eigenvalue weighted by Crippen LogP contribution is 2.49. The Morgan fingerprint density at radius 1 is 1.00 bits per heavy atom. The van der Waals surface area contributed by atoms with Crippen molar-refractivity contribution < 1.29 is 4.79 Å². The number of carbonyl (C=O) groups excluding carboxylic acids is 1. The summed E-state index contributed by atoms with van der Waals surface area (Å²) in [5.74, 6) is 0.716. The number of hydrogen-bond acceptors (Lipinski definition) is 3. The number of amides is 1. The molecule has 5 nitrogen and oxygen atoms in total. The lowest BCUT2D eigenvalue weighted by Crippen LogP contribution is -2.50. The van der Waals surface area contributed by atoms with E-state index in [1.165, 1.54) is 0 Å². The van der Waals surface area contributed by atoms with E-state index in [4.69, 9.17) is 4.98 Å². The van der Waals surface area contributed by atoms with Crippen molar-refractivity contribution in [2.24, 2.45) is 0 Å². The molecule has 0 radical (unpaired) electrons. The summed E-state index contributed by atoms with van der Waals surface area (Å²) in [4.78, 5) is 18.5. The van der Waals surface area contributed by atoms with Crippen LogP contribution in [0.5, 0.6) is 0 Å². The molecule has 2 aliphatic rings. The van der Waals surface area contributed by atoms with Crippen molar-refractivity contribution >= 4 is 28.3 Å². The van der Waals surface area contributed by atoms with Gasteiger partial charge < -0.3 is 10.6 Å². The summed E-state index contributed by atoms with van der Waals surface area (Å²) in [6.45, 7) is 4.10. The fraction of sp³-hybridized carbons (Fsp3) is 0.130. The molecule has 1 amide bonds. The Morgan fingerprint density at radius 2 is 1.79 bits per heavy atom. The van der Waals surface area contributed by atoms with Crippen LogP contribution in [-0.2, 0) is 10.5 Å². The van der Waals surface area contributed by atoms with E-state index < -0.39 is 5.66 Å². The lowest BCUT2D eigenvalue weighted by Gasteiger charge is -2.37. The Hall–Kier alpha value is -3.60. The second-order valence-corrected chi connectivity index (χ2v) is 7.60. The van der Waals surface area contributed by atoms with E-state index in [9.17, 15) is 4.79 Å². The quantitative estimate of drug-likeness (QED) is 0.485. The fourth-order valence-corrected chi connectivity index (χ4v) is 4.68. The Bertz CT molecular complexity index is 1320. The van der Waals surface area contributed by atoms with Gasteiger partial charge >= 0.3 is 0 Å². The maximum atomic E-state index is 13.6. The number of rotatable bonds is 0. The Balaban J connectivity index is 1.80. The SMILES string of the molecule is Cc1cc(C)c2c(c1)C1(Nc3ccccc3-c3nc4ccccc4n31)C(=O)N2. The third kappa shape index (κ3) is 1.71. The number of imidazole rings is 1. The maximum absolute atomic E-state index is 13.6. The van der Waals surface area contributed by atoms with Gasteiger partial charge in [0.25, 0.3) is 5.91 Å². The molecule has 0 aliphatic carbocycles. The van der Waals surface area contributed by atoms with E-state index >= 15 is 0 Å². The molecule has 1 atom stereocenters. The van der Waals surface area contributed by atoms with Gasteiger partial charge in [-0.15, -0.1) is 0 Å². The van der Waals surface area contributed by atoms with Crippen LogP contribution in [0.2, 0.25) is 0 Å². The van der Waals surface area contributed by atoms with Gasteiger partial charge in [-0.25, -0.2) is 4.98 Å². The second-order valence-electron chi connectivity index (χ2n) is 7.60. The fourth-order valence-electron chi connectivity index (χ4n) is 4.68. The number of nitrogens with one attached hydrogen (secondary N) is 2. The topological polar surface area (TPSA) is 59.0 Å². The van der Waals surface area contributed by atoms with Crippen LogP contribution in [0, 0.1) is 13.8 Å². The highest BCUT2D eigenvalue weighted by atomic mass is 16.2. The molecular formula is C23H18N4O. The molecule has 0 saturated carbocycles. The number of nitrogens with zero attached hydrogens (tertiary/aromatic N) is 2. The van der Waals surface area contributed by atoms with Gasteiger partial charge in [-0.1, -0.05) is 35.9 Å². The highest BCUT2D eigenvalue weighted by Gasteiger charge is 2.53. The van der Waals surface area contributed by atoms with Crippen molar-refractivity contribution in [3.05, 3.63) is 77.4 Å². The first kappa shape index (κ1) is 15.5. The van der Waals surface area contributed by atoms with Crippen molar-refractivity contribution in [1.29, 1.82) is 0 Å². The van der Waals surface area contributed by atoms with E-state index in [1.807, 2.05) is 55.5 Å². The molecule has 2 N–H and O–H groups in total. The first-order valence-electron chi connectivity index (χ1n) is 9.38. The van der Waals surface area contributed by atoms with Crippen molar-refractivity contribution in [2.75, 3.05) is 10.6 Å². The van der Waals surface area contributed by atoms with Gasteiger partial charge in [0.15, 0.2) is 0 Å². The third-order valence-electron chi connectivity index (χ3n) is 5.82. The Kier molecular flexibility index (Phi) is 2.77. The molecule has 6 rings (SSSR count). The summed E-state index contributed by atoms with van der Waals surface area (Å²) in [5.41, 5.74) is 6.65. The molecule has 1 unspecified atom stereocenters. The van der Waals surface area contributed by atoms with Crippen LogP contribution in [0.3, 0.4) is 0 Å². The van der Waals surface area contributed by atoms with E-state index in [0.29, 0.717) is 0 Å². The van der Waals surface area contributed by atoms with Gasteiger partial charge in [0.2, 0.25) is 5.66 Å². The van der Waals surface area contributed by atoms with Crippen LogP contribution < -0.4 is 10.6 Å². The predicted molar refractivity (Wildman–Crippen MR) is 110 cm³/mol. The maximum Gasteiger partial charge on any atom is 0.276 e. The van der Waals surface area contributed by atoms with Crippen LogP contribution in [-0.4, -0.2) is 15.5 Å². The monoisotopic (exact) mass is 366 g/mol. The van der Waals surface area contributed by atoms with Crippen LogP contribution in [0.4, 0.5) is 11.4 Å². The molecular weight excluding hydrogens is 348 g/mol. The molecule has 1 aromatic heterocycles. The third-order valence-corrected chi connectivity index (χ3v) is 5.82. The second kappa shape index (κ2) is 5.01. The standard InChI is InChI=1S/C23H18N4O/c1-13-11-14(2)20-16(12-13)23(22(28)25-20)26-17-8-4-3-7-15(17)21-24-18-9-5-6-10-19(18)27(21)23/h3-12,26H,1-2H3,(H,25,28). The summed E-state index contributed by atoms with van der Waals surface area (Å²) < 4.78 is 2.06. The molecule has 0 bridgehead atoms. The number of aromatic nitrogens is 2. The first-order valence-corrected chi connectivity index (χ1v) is 9.38. The molecule has 28 heavy (non-hydrogen) atoms. The Morgan fingerprint density at radius 3 is 2.68 bits per heavy atom. The van der Waals surface area contributed by atoms with E-state index in [2.05, 4.69) is 34.3 Å². The summed E-state index contributed by atoms with van der Waals surface area (Å²) in [7, 11) is 0. The number of carbonyl (C=O) groups is 1. The minimum Gasteiger partial charge on any atom is -0.350 e. The summed E-state index contributed by atoms with van der Waals surface area (Å²) in [6.07, 6.45) is 0. The smallest absolute Gasteiger partial charge is 0.276 e. The lowest BCUT2D eigenvalue weighted by atomic mass is 9.92. The van der Waals surface area contributed by atoms with Crippen LogP contribution in [0.25, 0.3) is 22.4 Å². The van der Waals surface area contributed by atoms with Gasteiger partial charge in [-0.3, -0.25) is 9.36 Å². The summed E-state index contributed by atoms with van der Waals surface area (Å²) in [5, 5.41) is 6.71. The van der Waals surface area contributed by atoms with Gasteiger partial charge in [-0.05, 0) is 49.7 Å². The van der Waals surface area contributed by atoms with Gasteiger partial charge in [0.05, 0.1) is 16.7 Å². The molecule has 2 aliphatic heterocycles. The average molecular weight is 366 g/mol. The first-order chi connectivity index (χ1) is 13.6. The minimum absolute atomic E-state index is 0.0879. The largest absolute Gasteiger partial charge is 0.350 e. The summed E-state index contributed by atoms with van der Waals surface area (Å²) in [6, 6.07) is 20.2. The molecule has 3 heterocycles. The number of aryl methyl sites for hydroxylation is 2. The molecule has 3 aromatic carbocycles. The van der Waals surface area contributed by atoms with Crippen molar-refractivity contribution in [3.8, 4) is 11.4 Å². The van der Waals surface area contributed by atoms with Crippen LogP contribution in [0.1, 0.15) is 16.7 Å². The number of para-hydroxylation sites is 3. The number of anilines is 2. The van der Waals surface area contributed by atoms with Crippen molar-refractivity contribution in [3.63, 3.8) is 0 Å². The molecule has 0 saturated heterocycles. The van der Waals surface area contributed by atoms with Crippen molar-refractivity contribution in [1.82, 2.24) is 9.55 Å². The molecule has 0 fully saturated rings. The van der Waals surface area contributed by atoms with E-state index in [0.717, 1.165) is 50.5 Å². The van der Waals surface area contributed by atoms with Gasteiger partial charge in [0, 0.05) is 16.8 Å². The zero-order valence-corrected chi connectivity index (χ0v) is 15.6. The minimum atomic E-state index is -1.06. The molecule has 5 heteroatoms. The summed E-state index contributed by atoms with van der Waals surface area (Å²) >= 11 is 0. The highest BCUT2D eigenvalue weighted by molar-refractivity contribution is 6.11. The Labute approximate surface area is 162 Å². The zero-order chi connectivity index (χ0) is 19.0. The number of fused-ring (bicyclic) bond motifs is 8. The zero-order valence-electron chi connectivity index (χ0n) is 15.6. The van der Waals surface area contributed by atoms with E-state index in [-0.39, 0.29) is 5.91 Å². The average Bonchev–Trinajstić information content (AvgIpc) is 3.20. The van der Waals surface area contributed by atoms with Crippen LogP contribution in [0.15, 0.2) is 60.7 Å². The number of hydrogen-bond donors (Lipinski definition) is 2. The molecule has 136 valence electrons. The number of benzene rings is 3. The molecule has 4 aromatic rings. The predicted octanol–water partition coefficient (Wildman–Crippen LogP) is 4.40. The van der Waals surface area contributed by atoms with Crippen LogP contribution >= 0.6 is 0 Å². The van der Waals surface area contributed by atoms with Crippen molar-refractivity contribution in [2.45, 2.75) is 19.5 Å². The normalized spacial score (nSPS) is 19.1. The van der Waals surface area contributed by atoms with Gasteiger partial charge in [0.1, 0.15) is 5.82 Å². The molecule has 1 spiro atoms.